The van der Waals surface area contributed by atoms with E-state index in [0.717, 1.165) is 22.4 Å². The van der Waals surface area contributed by atoms with E-state index >= 15 is 0 Å². The minimum atomic E-state index is -0.389. The maximum atomic E-state index is 12.6. The minimum absolute atomic E-state index is 0.0719. The van der Waals surface area contributed by atoms with Crippen LogP contribution >= 0.6 is 11.6 Å². The van der Waals surface area contributed by atoms with E-state index in [-0.39, 0.29) is 24.3 Å². The summed E-state index contributed by atoms with van der Waals surface area (Å²) in [6, 6.07) is 18.2. The summed E-state index contributed by atoms with van der Waals surface area (Å²) in [6.45, 7) is 0. The number of Topliss-reactive ketones (excluding diaryl/α,β-unsaturated/α-hetero) is 1. The number of carbonyl (C=O) groups is 1. The monoisotopic (exact) mass is 423 g/mol. The average Bonchev–Trinajstić information content (AvgIpc) is 2.78. The van der Waals surface area contributed by atoms with Crippen molar-refractivity contribution in [3.63, 3.8) is 0 Å². The van der Waals surface area contributed by atoms with E-state index in [4.69, 9.17) is 26.8 Å². The van der Waals surface area contributed by atoms with Crippen LogP contribution in [0.1, 0.15) is 33.2 Å². The number of nitrogens with zero attached hydrogens (tertiary/aromatic N) is 2. The fourth-order valence-corrected chi connectivity index (χ4v) is 3.11. The van der Waals surface area contributed by atoms with Gasteiger partial charge in [0, 0.05) is 12.6 Å². The van der Waals surface area contributed by atoms with E-state index in [1.165, 1.54) is 13.3 Å². The first kappa shape index (κ1) is 21.3. The van der Waals surface area contributed by atoms with Gasteiger partial charge >= 0.3 is 0 Å². The van der Waals surface area contributed by atoms with Gasteiger partial charge < -0.3 is 15.2 Å². The van der Waals surface area contributed by atoms with Crippen LogP contribution in [0.15, 0.2) is 71.9 Å². The van der Waals surface area contributed by atoms with Crippen molar-refractivity contribution in [3.8, 4) is 5.75 Å². The van der Waals surface area contributed by atoms with Gasteiger partial charge in [-0.25, -0.2) is 4.99 Å². The van der Waals surface area contributed by atoms with Crippen LogP contribution in [0.3, 0.4) is 0 Å². The van der Waals surface area contributed by atoms with Crippen molar-refractivity contribution in [2.75, 3.05) is 14.2 Å². The molecule has 3 rings (SSSR count). The third-order valence-corrected chi connectivity index (χ3v) is 4.77. The van der Waals surface area contributed by atoms with E-state index in [2.05, 4.69) is 9.98 Å². The Bertz CT molecular complexity index is 1030. The van der Waals surface area contributed by atoms with Gasteiger partial charge in [0.1, 0.15) is 17.5 Å². The molecule has 0 radical (unpaired) electrons. The summed E-state index contributed by atoms with van der Waals surface area (Å²) in [6.07, 6.45) is 1.68. The summed E-state index contributed by atoms with van der Waals surface area (Å²) in [5.74, 6) is 0.653. The number of halogens is 1. The number of ketones is 1. The van der Waals surface area contributed by atoms with Crippen molar-refractivity contribution >= 4 is 23.4 Å². The first-order chi connectivity index (χ1) is 14.5. The van der Waals surface area contributed by atoms with Gasteiger partial charge in [0.05, 0.1) is 19.2 Å². The molecule has 2 N–H and O–H groups in total. The van der Waals surface area contributed by atoms with Gasteiger partial charge in [-0.1, -0.05) is 48.0 Å². The van der Waals surface area contributed by atoms with Crippen LogP contribution in [0.4, 0.5) is 0 Å². The number of ether oxygens (including phenoxy) is 2. The Hall–Kier alpha value is -3.38. The van der Waals surface area contributed by atoms with Crippen molar-refractivity contribution < 1.29 is 14.3 Å². The average molecular weight is 424 g/mol. The number of methoxy groups -OCH3 is 2. The van der Waals surface area contributed by atoms with Crippen molar-refractivity contribution in [1.29, 1.82) is 0 Å². The fourth-order valence-electron chi connectivity index (χ4n) is 3.00. The molecule has 0 saturated carbocycles. The highest BCUT2D eigenvalue weighted by molar-refractivity contribution is 6.30. The molecule has 7 heteroatoms. The largest absolute Gasteiger partial charge is 0.497 e. The van der Waals surface area contributed by atoms with Crippen LogP contribution in [0.5, 0.6) is 5.75 Å². The Balaban J connectivity index is 1.90. The summed E-state index contributed by atoms with van der Waals surface area (Å²) < 4.78 is 10.3. The highest BCUT2D eigenvalue weighted by Gasteiger charge is 2.16. The predicted molar refractivity (Wildman–Crippen MR) is 117 cm³/mol. The maximum Gasteiger partial charge on any atom is 0.282 e. The van der Waals surface area contributed by atoms with Crippen LogP contribution < -0.4 is 10.5 Å². The fraction of sp³-hybridized carbons (Fsp3) is 0.174. The van der Waals surface area contributed by atoms with E-state index in [0.29, 0.717) is 10.7 Å². The molecule has 0 aliphatic heterocycles. The molecule has 0 saturated heterocycles. The Morgan fingerprint density at radius 1 is 1.10 bits per heavy atom. The number of hydrogen-bond acceptors (Lipinski definition) is 5. The Kier molecular flexibility index (Phi) is 7.03. The van der Waals surface area contributed by atoms with Gasteiger partial charge in [-0.05, 0) is 41.0 Å². The second-order valence-corrected chi connectivity index (χ2v) is 6.99. The summed E-state index contributed by atoms with van der Waals surface area (Å²) in [5.41, 5.74) is 8.86. The lowest BCUT2D eigenvalue weighted by Crippen LogP contribution is -2.16. The summed E-state index contributed by atoms with van der Waals surface area (Å²) in [4.78, 5) is 21.2. The number of carbonyl (C=O) groups excluding carboxylic acids is 1. The first-order valence-corrected chi connectivity index (χ1v) is 9.62. The second kappa shape index (κ2) is 9.89. The molecule has 6 nitrogen and oxygen atoms in total. The predicted octanol–water partition coefficient (Wildman–Crippen LogP) is 4.22. The number of rotatable bonds is 7. The van der Waals surface area contributed by atoms with E-state index in [1.54, 1.807) is 19.2 Å². The van der Waals surface area contributed by atoms with Gasteiger partial charge in [-0.15, -0.1) is 0 Å². The van der Waals surface area contributed by atoms with Crippen LogP contribution in [-0.2, 0) is 11.2 Å². The van der Waals surface area contributed by atoms with Crippen molar-refractivity contribution in [2.45, 2.75) is 12.5 Å². The third-order valence-electron chi connectivity index (χ3n) is 4.54. The molecule has 1 heterocycles. The molecule has 1 aromatic heterocycles. The van der Waals surface area contributed by atoms with Gasteiger partial charge in [-0.2, -0.15) is 0 Å². The number of amidine groups is 1. The van der Waals surface area contributed by atoms with Gasteiger partial charge in [0.25, 0.3) is 6.02 Å². The summed E-state index contributed by atoms with van der Waals surface area (Å²) in [5, 5.41) is 0.490. The number of aromatic nitrogens is 1. The van der Waals surface area contributed by atoms with Crippen molar-refractivity contribution in [2.24, 2.45) is 10.7 Å². The maximum absolute atomic E-state index is 12.6. The molecule has 3 aromatic rings. The highest BCUT2D eigenvalue weighted by Crippen LogP contribution is 2.28. The lowest BCUT2D eigenvalue weighted by molar-refractivity contribution is 0.0988. The molecule has 1 unspecified atom stereocenters. The Morgan fingerprint density at radius 3 is 2.50 bits per heavy atom. The van der Waals surface area contributed by atoms with Crippen LogP contribution in [0.25, 0.3) is 0 Å². The number of aliphatic imine (C=N–C) groups is 1. The Morgan fingerprint density at radius 2 is 1.87 bits per heavy atom. The second-order valence-electron chi connectivity index (χ2n) is 6.55. The molecular formula is C23H22ClN3O3. The van der Waals surface area contributed by atoms with Crippen molar-refractivity contribution in [1.82, 2.24) is 4.98 Å². The smallest absolute Gasteiger partial charge is 0.282 e. The van der Waals surface area contributed by atoms with E-state index in [9.17, 15) is 4.79 Å². The van der Waals surface area contributed by atoms with Crippen LogP contribution in [-0.4, -0.2) is 31.0 Å². The summed E-state index contributed by atoms with van der Waals surface area (Å²) in [7, 11) is 3.09. The first-order valence-electron chi connectivity index (χ1n) is 9.25. The molecular weight excluding hydrogens is 402 g/mol. The normalized spacial score (nSPS) is 12.3. The van der Waals surface area contributed by atoms with Crippen LogP contribution in [0, 0.1) is 0 Å². The Labute approximate surface area is 180 Å². The number of hydrogen-bond donors (Lipinski definition) is 1. The minimum Gasteiger partial charge on any atom is -0.497 e. The molecule has 2 aromatic carbocycles. The van der Waals surface area contributed by atoms with Gasteiger partial charge in [0.15, 0.2) is 5.78 Å². The van der Waals surface area contributed by atoms with Crippen molar-refractivity contribution in [3.05, 3.63) is 94.3 Å². The molecule has 0 bridgehead atoms. The zero-order chi connectivity index (χ0) is 21.5. The molecule has 0 amide bonds. The zero-order valence-electron chi connectivity index (χ0n) is 16.7. The van der Waals surface area contributed by atoms with Gasteiger partial charge in [-0.3, -0.25) is 9.78 Å². The SMILES string of the molecule is COC(N)=NC(c1ccc(OC)cc1)c1cccc(CC(=O)c2ccc(Cl)cn2)c1. The van der Waals surface area contributed by atoms with E-state index < -0.39 is 0 Å². The highest BCUT2D eigenvalue weighted by atomic mass is 35.5. The standard InChI is InChI=1S/C23H22ClN3O3/c1-29-19-9-6-16(7-10-19)22(27-23(25)30-2)17-5-3-4-15(12-17)13-21(28)20-11-8-18(24)14-26-20/h3-12,14,22H,13H2,1-2H3,(H2,25,27). The summed E-state index contributed by atoms with van der Waals surface area (Å²) >= 11 is 5.85. The lowest BCUT2D eigenvalue weighted by Gasteiger charge is -2.16. The lowest BCUT2D eigenvalue weighted by atomic mass is 9.96. The van der Waals surface area contributed by atoms with Crippen LogP contribution in [0.2, 0.25) is 5.02 Å². The molecule has 1 atom stereocenters. The van der Waals surface area contributed by atoms with E-state index in [1.807, 2.05) is 48.5 Å². The quantitative estimate of drug-likeness (QED) is 0.349. The number of pyridine rings is 1. The molecule has 0 fully saturated rings. The number of nitrogens with two attached hydrogens (primary N) is 1. The van der Waals surface area contributed by atoms with Gasteiger partial charge in [0.2, 0.25) is 0 Å². The molecule has 0 aliphatic rings. The molecule has 0 aliphatic carbocycles. The number of benzene rings is 2. The third kappa shape index (κ3) is 5.36. The zero-order valence-corrected chi connectivity index (χ0v) is 17.5. The molecule has 0 spiro atoms. The topological polar surface area (TPSA) is 86.8 Å². The molecule has 154 valence electrons. The molecule has 30 heavy (non-hydrogen) atoms.